The van der Waals surface area contributed by atoms with Crippen LogP contribution in [0, 0.1) is 15.5 Å². The van der Waals surface area contributed by atoms with Gasteiger partial charge in [-0.25, -0.2) is 0 Å². The van der Waals surface area contributed by atoms with Crippen molar-refractivity contribution in [2.45, 2.75) is 33.7 Å². The van der Waals surface area contributed by atoms with E-state index in [0.29, 0.717) is 18.8 Å². The van der Waals surface area contributed by atoms with E-state index in [1.54, 1.807) is 16.5 Å². The van der Waals surface area contributed by atoms with E-state index in [2.05, 4.69) is 0 Å². The van der Waals surface area contributed by atoms with Gasteiger partial charge in [-0.15, -0.1) is 0 Å². The van der Waals surface area contributed by atoms with E-state index < -0.39 is 4.92 Å². The first-order valence-electron chi connectivity index (χ1n) is 6.91. The van der Waals surface area contributed by atoms with Crippen LogP contribution in [0.3, 0.4) is 0 Å². The number of nitro groups is 1. The van der Waals surface area contributed by atoms with Gasteiger partial charge in [0.2, 0.25) is 0 Å². The molecule has 0 aliphatic rings. The lowest BCUT2D eigenvalue weighted by atomic mass is 9.93. The number of nitrogens with two attached hydrogens (primary N) is 1. The first-order chi connectivity index (χ1) is 9.59. The van der Waals surface area contributed by atoms with Gasteiger partial charge in [0.05, 0.1) is 11.1 Å². The lowest BCUT2D eigenvalue weighted by molar-refractivity contribution is -0.384. The fourth-order valence-corrected chi connectivity index (χ4v) is 2.14. The molecular formula is C14H24N4O3. The van der Waals surface area contributed by atoms with Gasteiger partial charge in [0.25, 0.3) is 11.6 Å². The van der Waals surface area contributed by atoms with Crippen molar-refractivity contribution in [2.24, 2.45) is 11.1 Å². The maximum Gasteiger partial charge on any atom is 0.287 e. The predicted molar refractivity (Wildman–Crippen MR) is 81.3 cm³/mol. The Hall–Kier alpha value is -1.89. The number of nitrogens with zero attached hydrogens (tertiary/aromatic N) is 3. The first kappa shape index (κ1) is 17.2. The fraction of sp³-hybridized carbons (Fsp3) is 0.643. The van der Waals surface area contributed by atoms with Crippen LogP contribution in [0.5, 0.6) is 0 Å². The van der Waals surface area contributed by atoms with E-state index in [-0.39, 0.29) is 23.1 Å². The molecule has 0 atom stereocenters. The van der Waals surface area contributed by atoms with E-state index >= 15 is 0 Å². The molecule has 0 aliphatic carbocycles. The third kappa shape index (κ3) is 4.04. The summed E-state index contributed by atoms with van der Waals surface area (Å²) in [7, 11) is 1.68. The molecule has 0 bridgehead atoms. The van der Waals surface area contributed by atoms with Crippen LogP contribution >= 0.6 is 0 Å². The molecule has 7 heteroatoms. The topological polar surface area (TPSA) is 94.4 Å². The molecular weight excluding hydrogens is 272 g/mol. The van der Waals surface area contributed by atoms with Crippen molar-refractivity contribution in [3.05, 3.63) is 28.1 Å². The van der Waals surface area contributed by atoms with Gasteiger partial charge in [-0.3, -0.25) is 14.9 Å². The Kier molecular flexibility index (Phi) is 5.11. The lowest BCUT2D eigenvalue weighted by Gasteiger charge is -2.29. The van der Waals surface area contributed by atoms with E-state index in [1.807, 2.05) is 27.7 Å². The van der Waals surface area contributed by atoms with E-state index in [1.165, 1.54) is 12.3 Å². The number of aromatic nitrogens is 1. The highest BCUT2D eigenvalue weighted by Gasteiger charge is 2.26. The van der Waals surface area contributed by atoms with Gasteiger partial charge in [0.1, 0.15) is 5.69 Å². The van der Waals surface area contributed by atoms with E-state index in [9.17, 15) is 14.9 Å². The Bertz CT molecular complexity index is 534. The summed E-state index contributed by atoms with van der Waals surface area (Å²) in [4.78, 5) is 24.5. The summed E-state index contributed by atoms with van der Waals surface area (Å²) in [5, 5.41) is 10.9. The Morgan fingerprint density at radius 1 is 1.52 bits per heavy atom. The molecule has 21 heavy (non-hydrogen) atoms. The fourth-order valence-electron chi connectivity index (χ4n) is 2.14. The first-order valence-corrected chi connectivity index (χ1v) is 6.91. The zero-order valence-corrected chi connectivity index (χ0v) is 13.3. The van der Waals surface area contributed by atoms with E-state index in [4.69, 9.17) is 5.73 Å². The predicted octanol–water partition coefficient (Wildman–Crippen LogP) is 2.03. The number of amides is 1. The molecule has 0 radical (unpaired) electrons. The molecule has 0 aromatic carbocycles. The highest BCUT2D eigenvalue weighted by Crippen LogP contribution is 2.23. The summed E-state index contributed by atoms with van der Waals surface area (Å²) in [5.41, 5.74) is 5.74. The van der Waals surface area contributed by atoms with Crippen molar-refractivity contribution >= 4 is 11.6 Å². The molecule has 0 fully saturated rings. The summed E-state index contributed by atoms with van der Waals surface area (Å²) in [6.07, 6.45) is 1.40. The van der Waals surface area contributed by atoms with Crippen molar-refractivity contribution in [2.75, 3.05) is 20.1 Å². The van der Waals surface area contributed by atoms with Crippen molar-refractivity contribution in [1.29, 1.82) is 0 Å². The maximum atomic E-state index is 12.5. The average Bonchev–Trinajstić information content (AvgIpc) is 2.82. The number of carbonyl (C=O) groups is 1. The van der Waals surface area contributed by atoms with Gasteiger partial charge >= 0.3 is 0 Å². The zero-order valence-electron chi connectivity index (χ0n) is 13.3. The smallest absolute Gasteiger partial charge is 0.287 e. The second kappa shape index (κ2) is 6.26. The standard InChI is InChI=1S/C14H24N4O3/c1-10(2)17-7-11(18(20)21)6-12(17)13(19)16(5)9-14(3,4)8-15/h6-7,10H,8-9,15H2,1-5H3. The molecule has 1 aromatic heterocycles. The second-order valence-electron chi connectivity index (χ2n) is 6.37. The van der Waals surface area contributed by atoms with Crippen LogP contribution in [-0.2, 0) is 0 Å². The second-order valence-corrected chi connectivity index (χ2v) is 6.37. The van der Waals surface area contributed by atoms with Crippen LogP contribution in [0.25, 0.3) is 0 Å². The Labute approximate surface area is 124 Å². The largest absolute Gasteiger partial charge is 0.340 e. The molecule has 1 amide bonds. The van der Waals surface area contributed by atoms with Gasteiger partial charge < -0.3 is 15.2 Å². The van der Waals surface area contributed by atoms with Crippen LogP contribution in [0.2, 0.25) is 0 Å². The molecule has 1 rings (SSSR count). The Morgan fingerprint density at radius 3 is 2.52 bits per heavy atom. The summed E-state index contributed by atoms with van der Waals surface area (Å²) in [6.45, 7) is 8.64. The quantitative estimate of drug-likeness (QED) is 0.642. The molecule has 0 saturated carbocycles. The molecule has 118 valence electrons. The molecule has 1 heterocycles. The SMILES string of the molecule is CC(C)n1cc([N+](=O)[O-])cc1C(=O)N(C)CC(C)(C)CN. The Morgan fingerprint density at radius 2 is 2.10 bits per heavy atom. The number of hydrogen-bond acceptors (Lipinski definition) is 4. The van der Waals surface area contributed by atoms with Crippen molar-refractivity contribution in [3.63, 3.8) is 0 Å². The minimum absolute atomic E-state index is 0.0337. The summed E-state index contributed by atoms with van der Waals surface area (Å²) in [6, 6.07) is 1.29. The molecule has 0 aliphatic heterocycles. The van der Waals surface area contributed by atoms with Gasteiger partial charge in [-0.05, 0) is 25.8 Å². The van der Waals surface area contributed by atoms with Crippen molar-refractivity contribution < 1.29 is 9.72 Å². The van der Waals surface area contributed by atoms with Crippen LogP contribution in [0.1, 0.15) is 44.2 Å². The number of hydrogen-bond donors (Lipinski definition) is 1. The van der Waals surface area contributed by atoms with Crippen LogP contribution in [0.15, 0.2) is 12.3 Å². The van der Waals surface area contributed by atoms with Crippen LogP contribution < -0.4 is 5.73 Å². The molecule has 0 saturated heterocycles. The summed E-state index contributed by atoms with van der Waals surface area (Å²) >= 11 is 0. The third-order valence-corrected chi connectivity index (χ3v) is 3.38. The number of carbonyl (C=O) groups excluding carboxylic acids is 1. The van der Waals surface area contributed by atoms with Crippen molar-refractivity contribution in [3.8, 4) is 0 Å². The van der Waals surface area contributed by atoms with Crippen molar-refractivity contribution in [1.82, 2.24) is 9.47 Å². The van der Waals surface area contributed by atoms with Gasteiger partial charge in [-0.1, -0.05) is 13.8 Å². The summed E-state index contributed by atoms with van der Waals surface area (Å²) in [5.74, 6) is -0.238. The van der Waals surface area contributed by atoms with Gasteiger partial charge in [-0.2, -0.15) is 0 Å². The normalized spacial score (nSPS) is 11.8. The van der Waals surface area contributed by atoms with Crippen LogP contribution in [0.4, 0.5) is 5.69 Å². The maximum absolute atomic E-state index is 12.5. The average molecular weight is 296 g/mol. The highest BCUT2D eigenvalue weighted by atomic mass is 16.6. The molecule has 7 nitrogen and oxygen atoms in total. The zero-order chi connectivity index (χ0) is 16.4. The monoisotopic (exact) mass is 296 g/mol. The lowest BCUT2D eigenvalue weighted by Crippen LogP contribution is -2.40. The Balaban J connectivity index is 3.08. The highest BCUT2D eigenvalue weighted by molar-refractivity contribution is 5.93. The minimum atomic E-state index is -0.487. The van der Waals surface area contributed by atoms with Gasteiger partial charge in [0.15, 0.2) is 0 Å². The number of rotatable bonds is 6. The molecule has 0 unspecified atom stereocenters. The molecule has 2 N–H and O–H groups in total. The summed E-state index contributed by atoms with van der Waals surface area (Å²) < 4.78 is 1.63. The van der Waals surface area contributed by atoms with E-state index in [0.717, 1.165) is 0 Å². The minimum Gasteiger partial charge on any atom is -0.340 e. The van der Waals surface area contributed by atoms with Gasteiger partial charge in [0, 0.05) is 25.7 Å². The van der Waals surface area contributed by atoms with Crippen LogP contribution in [-0.4, -0.2) is 40.4 Å². The molecule has 0 spiro atoms. The molecule has 1 aromatic rings. The third-order valence-electron chi connectivity index (χ3n) is 3.38.